The maximum Gasteiger partial charge on any atom is 0.237 e. The Labute approximate surface area is 183 Å². The van der Waals surface area contributed by atoms with Crippen LogP contribution < -0.4 is 10.6 Å². The molecule has 3 heterocycles. The van der Waals surface area contributed by atoms with Gasteiger partial charge in [-0.2, -0.15) is 0 Å². The molecule has 0 saturated carbocycles. The molecule has 4 rings (SSSR count). The van der Waals surface area contributed by atoms with E-state index in [1.165, 1.54) is 12.1 Å². The van der Waals surface area contributed by atoms with Crippen molar-refractivity contribution in [1.29, 1.82) is 0 Å². The third kappa shape index (κ3) is 5.25. The molecule has 0 spiro atoms. The molecule has 0 aromatic heterocycles. The summed E-state index contributed by atoms with van der Waals surface area (Å²) in [6, 6.07) is 6.91. The first kappa shape index (κ1) is 22.2. The van der Waals surface area contributed by atoms with E-state index in [1.807, 2.05) is 4.90 Å². The number of carbonyl (C=O) groups excluding carboxylic acids is 2. The van der Waals surface area contributed by atoms with Gasteiger partial charge in [0, 0.05) is 51.8 Å². The van der Waals surface area contributed by atoms with Crippen LogP contribution in [-0.4, -0.2) is 79.1 Å². The van der Waals surface area contributed by atoms with Crippen molar-refractivity contribution in [2.24, 2.45) is 0 Å². The molecule has 3 saturated heterocycles. The van der Waals surface area contributed by atoms with E-state index in [0.29, 0.717) is 26.1 Å². The predicted molar refractivity (Wildman–Crippen MR) is 115 cm³/mol. The molecule has 1 aromatic rings. The average Bonchev–Trinajstić information content (AvgIpc) is 3.41. The quantitative estimate of drug-likeness (QED) is 0.647. The highest BCUT2D eigenvalue weighted by atomic mass is 19.1. The zero-order chi connectivity index (χ0) is 21.8. The Balaban J connectivity index is 1.30. The zero-order valence-corrected chi connectivity index (χ0v) is 18.2. The molecule has 170 valence electrons. The number of nitrogens with one attached hydrogen (secondary N) is 2. The minimum absolute atomic E-state index is 0.0772. The Morgan fingerprint density at radius 2 is 2.10 bits per heavy atom. The van der Waals surface area contributed by atoms with E-state index in [0.717, 1.165) is 44.3 Å². The van der Waals surface area contributed by atoms with Crippen molar-refractivity contribution < 1.29 is 18.7 Å². The molecule has 0 unspecified atom stereocenters. The molecule has 0 bridgehead atoms. The standard InChI is InChI=1S/C23H33FN4O3/c1-31-15-20-3-2-10-27(20)22(29)9-8-19-13-26-23(30)21-11-18(14-28(19)21)25-12-16-4-6-17(24)7-5-16/h4-7,18-21,25H,2-3,8-15H2,1H3,(H,26,30)/t18-,19+,20+,21-/m0/s1. The van der Waals surface area contributed by atoms with Crippen LogP contribution in [0.15, 0.2) is 24.3 Å². The van der Waals surface area contributed by atoms with Gasteiger partial charge in [-0.05, 0) is 43.4 Å². The molecule has 7 nitrogen and oxygen atoms in total. The van der Waals surface area contributed by atoms with E-state index >= 15 is 0 Å². The second-order valence-corrected chi connectivity index (χ2v) is 8.93. The molecular weight excluding hydrogens is 399 g/mol. The Hall–Kier alpha value is -2.03. The number of hydrogen-bond donors (Lipinski definition) is 2. The maximum absolute atomic E-state index is 13.1. The SMILES string of the molecule is COC[C@H]1CCCN1C(=O)CC[C@@H]1CNC(=O)[C@@H]2C[C@H](NCc3ccc(F)cc3)CN12. The average molecular weight is 433 g/mol. The molecule has 4 atom stereocenters. The molecule has 0 radical (unpaired) electrons. The summed E-state index contributed by atoms with van der Waals surface area (Å²) in [7, 11) is 1.68. The first-order chi connectivity index (χ1) is 15.0. The lowest BCUT2D eigenvalue weighted by atomic mass is 10.0. The molecule has 31 heavy (non-hydrogen) atoms. The molecule has 2 amide bonds. The molecule has 0 aliphatic carbocycles. The van der Waals surface area contributed by atoms with Crippen LogP contribution in [-0.2, 0) is 20.9 Å². The van der Waals surface area contributed by atoms with Crippen LogP contribution in [0.2, 0.25) is 0 Å². The van der Waals surface area contributed by atoms with Crippen LogP contribution in [0.5, 0.6) is 0 Å². The molecule has 3 fully saturated rings. The summed E-state index contributed by atoms with van der Waals surface area (Å²) in [4.78, 5) is 29.5. The minimum Gasteiger partial charge on any atom is -0.383 e. The fraction of sp³-hybridized carbons (Fsp3) is 0.652. The molecule has 3 aliphatic heterocycles. The third-order valence-corrected chi connectivity index (χ3v) is 6.88. The van der Waals surface area contributed by atoms with Gasteiger partial charge in [-0.3, -0.25) is 14.5 Å². The second-order valence-electron chi connectivity index (χ2n) is 8.93. The highest BCUT2D eigenvalue weighted by Gasteiger charge is 2.43. The summed E-state index contributed by atoms with van der Waals surface area (Å²) >= 11 is 0. The number of ether oxygens (including phenoxy) is 1. The van der Waals surface area contributed by atoms with E-state index in [4.69, 9.17) is 4.74 Å². The smallest absolute Gasteiger partial charge is 0.237 e. The van der Waals surface area contributed by atoms with Crippen LogP contribution in [0, 0.1) is 5.82 Å². The normalized spacial score (nSPS) is 28.6. The number of rotatable bonds is 8. The van der Waals surface area contributed by atoms with Crippen molar-refractivity contribution in [2.75, 3.05) is 33.4 Å². The highest BCUT2D eigenvalue weighted by molar-refractivity contribution is 5.83. The number of methoxy groups -OCH3 is 1. The topological polar surface area (TPSA) is 73.9 Å². The third-order valence-electron chi connectivity index (χ3n) is 6.88. The van der Waals surface area contributed by atoms with E-state index in [2.05, 4.69) is 15.5 Å². The van der Waals surface area contributed by atoms with E-state index in [1.54, 1.807) is 19.2 Å². The molecule has 2 N–H and O–H groups in total. The van der Waals surface area contributed by atoms with Gasteiger partial charge < -0.3 is 20.3 Å². The summed E-state index contributed by atoms with van der Waals surface area (Å²) in [5, 5.41) is 6.54. The number of piperazine rings is 1. The number of hydrogen-bond acceptors (Lipinski definition) is 5. The Bertz CT molecular complexity index is 775. The zero-order valence-electron chi connectivity index (χ0n) is 18.2. The Morgan fingerprint density at radius 3 is 2.87 bits per heavy atom. The fourth-order valence-electron chi connectivity index (χ4n) is 5.22. The van der Waals surface area contributed by atoms with Crippen LogP contribution in [0.1, 0.15) is 37.7 Å². The molecular formula is C23H33FN4O3. The first-order valence-corrected chi connectivity index (χ1v) is 11.3. The van der Waals surface area contributed by atoms with Gasteiger partial charge in [0.15, 0.2) is 0 Å². The van der Waals surface area contributed by atoms with Gasteiger partial charge in [0.1, 0.15) is 5.82 Å². The number of fused-ring (bicyclic) bond motifs is 1. The monoisotopic (exact) mass is 432 g/mol. The van der Waals surface area contributed by atoms with Crippen molar-refractivity contribution in [3.05, 3.63) is 35.6 Å². The van der Waals surface area contributed by atoms with Crippen LogP contribution in [0.25, 0.3) is 0 Å². The fourth-order valence-corrected chi connectivity index (χ4v) is 5.22. The lowest BCUT2D eigenvalue weighted by molar-refractivity contribution is -0.133. The minimum atomic E-state index is -0.238. The van der Waals surface area contributed by atoms with Gasteiger partial charge in [-0.1, -0.05) is 12.1 Å². The van der Waals surface area contributed by atoms with E-state index in [-0.39, 0.29) is 41.8 Å². The van der Waals surface area contributed by atoms with Crippen molar-refractivity contribution in [2.45, 2.75) is 62.8 Å². The Morgan fingerprint density at radius 1 is 1.29 bits per heavy atom. The lowest BCUT2D eigenvalue weighted by Gasteiger charge is -2.37. The molecule has 1 aromatic carbocycles. The van der Waals surface area contributed by atoms with Crippen molar-refractivity contribution >= 4 is 11.8 Å². The maximum atomic E-state index is 13.1. The van der Waals surface area contributed by atoms with Crippen molar-refractivity contribution in [1.82, 2.24) is 20.4 Å². The van der Waals surface area contributed by atoms with Gasteiger partial charge in [0.2, 0.25) is 11.8 Å². The molecule has 3 aliphatic rings. The number of amides is 2. The van der Waals surface area contributed by atoms with Crippen LogP contribution in [0.4, 0.5) is 4.39 Å². The number of benzene rings is 1. The predicted octanol–water partition coefficient (Wildman–Crippen LogP) is 1.27. The number of likely N-dealkylation sites (tertiary alicyclic amines) is 1. The van der Waals surface area contributed by atoms with Crippen molar-refractivity contribution in [3.8, 4) is 0 Å². The summed E-state index contributed by atoms with van der Waals surface area (Å²) in [5.41, 5.74) is 1.02. The number of carbonyl (C=O) groups is 2. The number of halogens is 1. The Kier molecular flexibility index (Phi) is 7.20. The highest BCUT2D eigenvalue weighted by Crippen LogP contribution is 2.27. The summed E-state index contributed by atoms with van der Waals surface area (Å²) in [5.74, 6) is 0.0322. The van der Waals surface area contributed by atoms with Gasteiger partial charge in [0.25, 0.3) is 0 Å². The molecule has 8 heteroatoms. The van der Waals surface area contributed by atoms with E-state index < -0.39 is 0 Å². The largest absolute Gasteiger partial charge is 0.383 e. The van der Waals surface area contributed by atoms with Gasteiger partial charge in [-0.25, -0.2) is 4.39 Å². The number of nitrogens with zero attached hydrogens (tertiary/aromatic N) is 2. The van der Waals surface area contributed by atoms with E-state index in [9.17, 15) is 14.0 Å². The first-order valence-electron chi connectivity index (χ1n) is 11.3. The summed E-state index contributed by atoms with van der Waals surface area (Å²) in [6.07, 6.45) is 4.04. The van der Waals surface area contributed by atoms with Gasteiger partial charge in [0.05, 0.1) is 18.7 Å². The van der Waals surface area contributed by atoms with Gasteiger partial charge in [-0.15, -0.1) is 0 Å². The summed E-state index contributed by atoms with van der Waals surface area (Å²) in [6.45, 7) is 3.44. The van der Waals surface area contributed by atoms with Crippen LogP contribution in [0.3, 0.4) is 0 Å². The van der Waals surface area contributed by atoms with Gasteiger partial charge >= 0.3 is 0 Å². The summed E-state index contributed by atoms with van der Waals surface area (Å²) < 4.78 is 18.4. The van der Waals surface area contributed by atoms with Crippen molar-refractivity contribution in [3.63, 3.8) is 0 Å². The van der Waals surface area contributed by atoms with Crippen LogP contribution >= 0.6 is 0 Å². The second kappa shape index (κ2) is 10.1. The lowest BCUT2D eigenvalue weighted by Crippen LogP contribution is -2.58.